The highest BCUT2D eigenvalue weighted by Gasteiger charge is 2.27. The van der Waals surface area contributed by atoms with Crippen LogP contribution in [0.4, 0.5) is 11.6 Å². The number of rotatable bonds is 10. The summed E-state index contributed by atoms with van der Waals surface area (Å²) in [5.74, 6) is 1.95. The fourth-order valence-corrected chi connectivity index (χ4v) is 6.16. The molecule has 0 bridgehead atoms. The van der Waals surface area contributed by atoms with E-state index in [2.05, 4.69) is 53.0 Å². The van der Waals surface area contributed by atoms with Gasteiger partial charge in [0.1, 0.15) is 12.1 Å². The van der Waals surface area contributed by atoms with Crippen LogP contribution in [0.1, 0.15) is 43.7 Å². The Labute approximate surface area is 242 Å². The molecule has 2 N–H and O–H groups in total. The third-order valence-electron chi connectivity index (χ3n) is 8.71. The van der Waals surface area contributed by atoms with Gasteiger partial charge >= 0.3 is 0 Å². The molecule has 1 unspecified atom stereocenters. The first-order valence-electron chi connectivity index (χ1n) is 15.2. The van der Waals surface area contributed by atoms with Crippen LogP contribution in [0.2, 0.25) is 0 Å². The number of nitrogens with one attached hydrogen (secondary N) is 1. The smallest absolute Gasteiger partial charge is 0.225 e. The maximum atomic E-state index is 10.8. The van der Waals surface area contributed by atoms with Crippen molar-refractivity contribution >= 4 is 22.5 Å². The molecule has 220 valence electrons. The van der Waals surface area contributed by atoms with Crippen molar-refractivity contribution in [3.8, 4) is 5.75 Å². The zero-order chi connectivity index (χ0) is 28.0. The molecule has 1 atom stereocenters. The fourth-order valence-electron chi connectivity index (χ4n) is 6.16. The molecule has 3 aliphatic rings. The van der Waals surface area contributed by atoms with Gasteiger partial charge in [-0.25, -0.2) is 19.9 Å². The summed E-state index contributed by atoms with van der Waals surface area (Å²) >= 11 is 0. The van der Waals surface area contributed by atoms with Crippen molar-refractivity contribution in [2.45, 2.75) is 44.4 Å². The molecule has 41 heavy (non-hydrogen) atoms. The van der Waals surface area contributed by atoms with Crippen molar-refractivity contribution in [2.75, 3.05) is 82.8 Å². The van der Waals surface area contributed by atoms with Crippen molar-refractivity contribution in [2.24, 2.45) is 0 Å². The van der Waals surface area contributed by atoms with E-state index in [1.54, 1.807) is 18.7 Å². The van der Waals surface area contributed by atoms with Crippen molar-refractivity contribution in [3.05, 3.63) is 42.6 Å². The zero-order valence-electron chi connectivity index (χ0n) is 24.2. The quantitative estimate of drug-likeness (QED) is 0.282. The number of hydrogen-bond acceptors (Lipinski definition) is 11. The van der Waals surface area contributed by atoms with Gasteiger partial charge in [0.15, 0.2) is 6.35 Å². The summed E-state index contributed by atoms with van der Waals surface area (Å²) in [6.07, 6.45) is 9.64. The van der Waals surface area contributed by atoms with Gasteiger partial charge in [0.25, 0.3) is 0 Å². The molecule has 3 aliphatic heterocycles. The van der Waals surface area contributed by atoms with E-state index in [9.17, 15) is 5.11 Å². The number of ether oxygens (including phenoxy) is 1. The molecule has 3 saturated heterocycles. The topological polar surface area (TPSA) is 106 Å². The normalized spacial score (nSPS) is 20.5. The van der Waals surface area contributed by atoms with E-state index in [0.717, 1.165) is 112 Å². The van der Waals surface area contributed by atoms with E-state index in [-0.39, 0.29) is 0 Å². The number of likely N-dealkylation sites (N-methyl/N-ethyl adjacent to an activating group) is 1. The molecule has 3 fully saturated rings. The summed E-state index contributed by atoms with van der Waals surface area (Å²) in [6, 6.07) is 6.19. The van der Waals surface area contributed by atoms with Crippen molar-refractivity contribution in [1.29, 1.82) is 0 Å². The highest BCUT2D eigenvalue weighted by molar-refractivity contribution is 5.82. The monoisotopic (exact) mass is 561 g/mol. The lowest BCUT2D eigenvalue weighted by atomic mass is 9.91. The molecule has 0 aliphatic carbocycles. The minimum atomic E-state index is -0.782. The van der Waals surface area contributed by atoms with E-state index >= 15 is 0 Å². The maximum absolute atomic E-state index is 10.8. The molecule has 0 radical (unpaired) electrons. The van der Waals surface area contributed by atoms with Gasteiger partial charge in [0.2, 0.25) is 5.95 Å². The number of piperidine rings is 1. The van der Waals surface area contributed by atoms with Crippen LogP contribution in [0, 0.1) is 0 Å². The summed E-state index contributed by atoms with van der Waals surface area (Å²) in [7, 11) is 2.19. The van der Waals surface area contributed by atoms with E-state index in [0.29, 0.717) is 12.5 Å². The second-order valence-corrected chi connectivity index (χ2v) is 11.6. The summed E-state index contributed by atoms with van der Waals surface area (Å²) in [5.41, 5.74) is 2.74. The molecular weight excluding hydrogens is 518 g/mol. The molecule has 0 spiro atoms. The van der Waals surface area contributed by atoms with Crippen molar-refractivity contribution in [3.63, 3.8) is 0 Å². The highest BCUT2D eigenvalue weighted by atomic mass is 16.5. The SMILES string of the molecule is CN1CCN(CCCOc2ccc3c(C4CCN(C(O)Nc5cnc(N6CCCC6)nc5)CC4)ncnc3c2)CC1. The molecule has 5 heterocycles. The lowest BCUT2D eigenvalue weighted by Gasteiger charge is -2.35. The minimum Gasteiger partial charge on any atom is -0.493 e. The molecule has 0 saturated carbocycles. The molecule has 2 aromatic heterocycles. The number of nitrogens with zero attached hydrogens (tertiary/aromatic N) is 8. The first-order valence-corrected chi connectivity index (χ1v) is 15.2. The number of aliphatic hydroxyl groups is 1. The fraction of sp³-hybridized carbons (Fsp3) is 0.600. The van der Waals surface area contributed by atoms with Crippen LogP contribution in [0.25, 0.3) is 10.9 Å². The Morgan fingerprint density at radius 1 is 0.951 bits per heavy atom. The van der Waals surface area contributed by atoms with Crippen molar-refractivity contribution in [1.82, 2.24) is 34.6 Å². The van der Waals surface area contributed by atoms with Gasteiger partial charge in [0, 0.05) is 76.3 Å². The van der Waals surface area contributed by atoms with E-state index in [4.69, 9.17) is 9.72 Å². The number of hydrogen-bond donors (Lipinski definition) is 2. The Bertz CT molecular complexity index is 1250. The molecule has 1 aromatic carbocycles. The number of aliphatic hydroxyl groups excluding tert-OH is 1. The second kappa shape index (κ2) is 13.2. The molecule has 6 rings (SSSR count). The first kappa shape index (κ1) is 28.0. The van der Waals surface area contributed by atoms with E-state index in [1.807, 2.05) is 12.1 Å². The van der Waals surface area contributed by atoms with Crippen LogP contribution in [0.5, 0.6) is 5.75 Å². The van der Waals surface area contributed by atoms with Gasteiger partial charge in [0.05, 0.1) is 35.9 Å². The number of fused-ring (bicyclic) bond motifs is 1. The number of piperazine rings is 1. The minimum absolute atomic E-state index is 0.322. The zero-order valence-corrected chi connectivity index (χ0v) is 24.2. The maximum Gasteiger partial charge on any atom is 0.225 e. The number of aromatic nitrogens is 4. The summed E-state index contributed by atoms with van der Waals surface area (Å²) in [4.78, 5) is 27.4. The molecule has 3 aromatic rings. The number of anilines is 2. The van der Waals surface area contributed by atoms with E-state index < -0.39 is 6.35 Å². The number of benzene rings is 1. The van der Waals surface area contributed by atoms with Gasteiger partial charge in [-0.05, 0) is 51.3 Å². The average Bonchev–Trinajstić information content (AvgIpc) is 3.56. The average molecular weight is 562 g/mol. The third-order valence-corrected chi connectivity index (χ3v) is 8.71. The Balaban J connectivity index is 0.987. The Kier molecular flexibility index (Phi) is 9.05. The molecular formula is C30H43N9O2. The Morgan fingerprint density at radius 3 is 2.46 bits per heavy atom. The predicted octanol–water partition coefficient (Wildman–Crippen LogP) is 2.60. The van der Waals surface area contributed by atoms with E-state index in [1.165, 1.54) is 12.8 Å². The van der Waals surface area contributed by atoms with Crippen LogP contribution >= 0.6 is 0 Å². The Hall–Kier alpha value is -3.12. The third kappa shape index (κ3) is 7.03. The Morgan fingerprint density at radius 2 is 1.71 bits per heavy atom. The van der Waals surface area contributed by atoms with Crippen LogP contribution in [-0.4, -0.2) is 119 Å². The lowest BCUT2D eigenvalue weighted by Crippen LogP contribution is -2.45. The molecule has 11 nitrogen and oxygen atoms in total. The van der Waals surface area contributed by atoms with Crippen LogP contribution < -0.4 is 15.0 Å². The van der Waals surface area contributed by atoms with Crippen molar-refractivity contribution < 1.29 is 9.84 Å². The van der Waals surface area contributed by atoms with Gasteiger partial charge < -0.3 is 29.9 Å². The molecule has 11 heteroatoms. The van der Waals surface area contributed by atoms with Crippen LogP contribution in [-0.2, 0) is 0 Å². The van der Waals surface area contributed by atoms with Gasteiger partial charge in [-0.15, -0.1) is 0 Å². The first-order chi connectivity index (χ1) is 20.1. The lowest BCUT2D eigenvalue weighted by molar-refractivity contribution is 0.00967. The summed E-state index contributed by atoms with van der Waals surface area (Å²) < 4.78 is 6.08. The molecule has 0 amide bonds. The summed E-state index contributed by atoms with van der Waals surface area (Å²) in [5, 5.41) is 15.1. The highest BCUT2D eigenvalue weighted by Crippen LogP contribution is 2.32. The number of likely N-dealkylation sites (tertiary alicyclic amines) is 1. The van der Waals surface area contributed by atoms with Gasteiger partial charge in [-0.3, -0.25) is 4.90 Å². The summed E-state index contributed by atoms with van der Waals surface area (Å²) in [6.45, 7) is 9.92. The van der Waals surface area contributed by atoms with Gasteiger partial charge in [-0.2, -0.15) is 0 Å². The standard InChI is InChI=1S/C30H43N9O2/c1-36-14-16-37(17-15-36)9-4-18-41-25-5-6-26-27(19-25)33-22-34-28(26)23-7-12-39(13-8-23)30(40)35-24-20-31-29(32-21-24)38-10-2-3-11-38/h5-6,19-23,30,35,40H,2-4,7-18H2,1H3. The van der Waals surface area contributed by atoms with Crippen LogP contribution in [0.3, 0.4) is 0 Å². The second-order valence-electron chi connectivity index (χ2n) is 11.6. The van der Waals surface area contributed by atoms with Gasteiger partial charge in [-0.1, -0.05) is 0 Å². The predicted molar refractivity (Wildman–Crippen MR) is 160 cm³/mol. The largest absolute Gasteiger partial charge is 0.493 e. The van der Waals surface area contributed by atoms with Crippen LogP contribution in [0.15, 0.2) is 36.9 Å².